The summed E-state index contributed by atoms with van der Waals surface area (Å²) >= 11 is 0. The normalized spacial score (nSPS) is 21.8. The molecule has 1 rings (SSSR count). The largest absolute Gasteiger partial charge is 0.467 e. The fourth-order valence-electron chi connectivity index (χ4n) is 2.64. The van der Waals surface area contributed by atoms with Crippen molar-refractivity contribution in [2.75, 3.05) is 7.11 Å². The molecule has 6 heteroatoms. The molecule has 0 bridgehead atoms. The quantitative estimate of drug-likeness (QED) is 0.708. The molecule has 1 saturated carbocycles. The van der Waals surface area contributed by atoms with Crippen molar-refractivity contribution < 1.29 is 24.2 Å². The Hall–Kier alpha value is -1.43. The molecule has 0 aromatic heterocycles. The summed E-state index contributed by atoms with van der Waals surface area (Å²) in [6.07, 6.45) is 1.35. The molecule has 1 amide bonds. The molecule has 120 valence electrons. The number of rotatable bonds is 6. The molecule has 0 radical (unpaired) electrons. The van der Waals surface area contributed by atoms with Gasteiger partial charge in [0.25, 0.3) is 0 Å². The van der Waals surface area contributed by atoms with Crippen LogP contribution in [-0.2, 0) is 19.1 Å². The Morgan fingerprint density at radius 2 is 2.10 bits per heavy atom. The van der Waals surface area contributed by atoms with Crippen LogP contribution in [0.2, 0.25) is 0 Å². The zero-order valence-corrected chi connectivity index (χ0v) is 12.9. The minimum atomic E-state index is -1.16. The van der Waals surface area contributed by atoms with Crippen LogP contribution in [0.25, 0.3) is 0 Å². The third-order valence-electron chi connectivity index (χ3n) is 3.74. The van der Waals surface area contributed by atoms with Crippen LogP contribution in [0.3, 0.4) is 0 Å². The Balaban J connectivity index is 2.72. The van der Waals surface area contributed by atoms with Crippen LogP contribution in [0.15, 0.2) is 0 Å². The number of hydrogen-bond donors (Lipinski definition) is 2. The van der Waals surface area contributed by atoms with Crippen molar-refractivity contribution in [3.63, 3.8) is 0 Å². The number of nitrogens with one attached hydrogen (secondary N) is 1. The second kappa shape index (κ2) is 8.12. The lowest BCUT2D eigenvalue weighted by molar-refractivity contribution is -0.148. The van der Waals surface area contributed by atoms with Gasteiger partial charge in [0, 0.05) is 12.8 Å². The maximum absolute atomic E-state index is 12.0. The Kier molecular flexibility index (Phi) is 6.81. The number of aliphatic hydroxyl groups is 1. The fourth-order valence-corrected chi connectivity index (χ4v) is 2.64. The number of ether oxygens (including phenoxy) is 1. The first-order valence-corrected chi connectivity index (χ1v) is 7.43. The molecule has 0 unspecified atom stereocenters. The van der Waals surface area contributed by atoms with Gasteiger partial charge in [-0.25, -0.2) is 4.79 Å². The molecule has 1 aliphatic rings. The lowest BCUT2D eigenvalue weighted by Gasteiger charge is -2.29. The number of hydrogen-bond acceptors (Lipinski definition) is 5. The Morgan fingerprint density at radius 1 is 1.43 bits per heavy atom. The highest BCUT2D eigenvalue weighted by molar-refractivity contribution is 5.88. The van der Waals surface area contributed by atoms with Gasteiger partial charge >= 0.3 is 5.97 Å². The van der Waals surface area contributed by atoms with E-state index in [-0.39, 0.29) is 24.0 Å². The third-order valence-corrected chi connectivity index (χ3v) is 3.74. The van der Waals surface area contributed by atoms with E-state index in [1.165, 1.54) is 7.11 Å². The van der Waals surface area contributed by atoms with Gasteiger partial charge in [-0.2, -0.15) is 0 Å². The molecule has 1 fully saturated rings. The molecule has 0 saturated heterocycles. The highest BCUT2D eigenvalue weighted by atomic mass is 16.5. The van der Waals surface area contributed by atoms with Crippen LogP contribution >= 0.6 is 0 Å². The first kappa shape index (κ1) is 17.6. The predicted molar refractivity (Wildman–Crippen MR) is 76.4 cm³/mol. The van der Waals surface area contributed by atoms with Gasteiger partial charge in [0.15, 0.2) is 0 Å². The Morgan fingerprint density at radius 3 is 2.62 bits per heavy atom. The first-order chi connectivity index (χ1) is 9.85. The molecule has 0 aromatic rings. The van der Waals surface area contributed by atoms with Gasteiger partial charge in [0.1, 0.15) is 17.9 Å². The fraction of sp³-hybridized carbons (Fsp3) is 0.800. The molecule has 21 heavy (non-hydrogen) atoms. The summed E-state index contributed by atoms with van der Waals surface area (Å²) in [6.45, 7) is 3.79. The number of amides is 1. The van der Waals surface area contributed by atoms with E-state index in [9.17, 15) is 19.5 Å². The van der Waals surface area contributed by atoms with E-state index < -0.39 is 24.0 Å². The summed E-state index contributed by atoms with van der Waals surface area (Å²) in [7, 11) is 1.25. The second-order valence-corrected chi connectivity index (χ2v) is 6.05. The minimum absolute atomic E-state index is 0.0946. The lowest BCUT2D eigenvalue weighted by atomic mass is 9.83. The van der Waals surface area contributed by atoms with Crippen molar-refractivity contribution >= 4 is 17.7 Å². The van der Waals surface area contributed by atoms with E-state index in [4.69, 9.17) is 4.74 Å². The molecule has 0 aliphatic heterocycles. The Bertz CT molecular complexity index is 394. The van der Waals surface area contributed by atoms with Crippen molar-refractivity contribution in [1.29, 1.82) is 0 Å². The monoisotopic (exact) mass is 299 g/mol. The minimum Gasteiger partial charge on any atom is -0.467 e. The van der Waals surface area contributed by atoms with Gasteiger partial charge < -0.3 is 15.2 Å². The van der Waals surface area contributed by atoms with E-state index >= 15 is 0 Å². The van der Waals surface area contributed by atoms with Crippen LogP contribution in [0.5, 0.6) is 0 Å². The summed E-state index contributed by atoms with van der Waals surface area (Å²) in [6, 6.07) is -0.867. The summed E-state index contributed by atoms with van der Waals surface area (Å²) in [5, 5.41) is 12.4. The highest BCUT2D eigenvalue weighted by Crippen LogP contribution is 2.25. The topological polar surface area (TPSA) is 92.7 Å². The standard InChI is InChI=1S/C15H25NO5/c1-9(2)7-12(18)14(19)16-13(15(20)21-3)10-5-4-6-11(17)8-10/h9-10,12-13,18H,4-8H2,1-3H3,(H,16,19)/t10-,12-,13-/m0/s1. The van der Waals surface area contributed by atoms with Crippen LogP contribution in [0.1, 0.15) is 46.0 Å². The van der Waals surface area contributed by atoms with Crippen LogP contribution in [0.4, 0.5) is 0 Å². The Labute approximate surface area is 125 Å². The van der Waals surface area contributed by atoms with Gasteiger partial charge in [-0.3, -0.25) is 9.59 Å². The predicted octanol–water partition coefficient (Wildman–Crippen LogP) is 0.810. The van der Waals surface area contributed by atoms with Crippen LogP contribution in [-0.4, -0.2) is 42.0 Å². The zero-order valence-electron chi connectivity index (χ0n) is 12.9. The van der Waals surface area contributed by atoms with Gasteiger partial charge in [-0.05, 0) is 31.1 Å². The molecule has 0 aromatic carbocycles. The first-order valence-electron chi connectivity index (χ1n) is 7.43. The molecule has 2 N–H and O–H groups in total. The van der Waals surface area contributed by atoms with E-state index in [1.807, 2.05) is 13.8 Å². The smallest absolute Gasteiger partial charge is 0.328 e. The van der Waals surface area contributed by atoms with Crippen molar-refractivity contribution in [2.45, 2.75) is 58.1 Å². The second-order valence-electron chi connectivity index (χ2n) is 6.05. The number of Topliss-reactive ketones (excluding diaryl/α,β-unsaturated/α-hetero) is 1. The molecular formula is C15H25NO5. The number of esters is 1. The van der Waals surface area contributed by atoms with E-state index in [2.05, 4.69) is 5.32 Å². The van der Waals surface area contributed by atoms with Crippen molar-refractivity contribution in [2.24, 2.45) is 11.8 Å². The maximum Gasteiger partial charge on any atom is 0.328 e. The maximum atomic E-state index is 12.0. The molecule has 1 aliphatic carbocycles. The highest BCUT2D eigenvalue weighted by Gasteiger charge is 2.35. The average molecular weight is 299 g/mol. The number of methoxy groups -OCH3 is 1. The third kappa shape index (κ3) is 5.46. The lowest BCUT2D eigenvalue weighted by Crippen LogP contribution is -2.51. The number of carbonyl (C=O) groups is 3. The van der Waals surface area contributed by atoms with Gasteiger partial charge in [-0.15, -0.1) is 0 Å². The molecule has 0 heterocycles. The van der Waals surface area contributed by atoms with Gasteiger partial charge in [0.2, 0.25) is 5.91 Å². The van der Waals surface area contributed by atoms with E-state index in [0.29, 0.717) is 25.7 Å². The van der Waals surface area contributed by atoms with E-state index in [0.717, 1.165) is 0 Å². The molecular weight excluding hydrogens is 274 g/mol. The van der Waals surface area contributed by atoms with Crippen LogP contribution in [0, 0.1) is 11.8 Å². The van der Waals surface area contributed by atoms with Gasteiger partial charge in [0.05, 0.1) is 7.11 Å². The van der Waals surface area contributed by atoms with E-state index in [1.54, 1.807) is 0 Å². The van der Waals surface area contributed by atoms with Crippen molar-refractivity contribution in [3.05, 3.63) is 0 Å². The summed E-state index contributed by atoms with van der Waals surface area (Å²) in [5.74, 6) is -1.15. The van der Waals surface area contributed by atoms with Crippen molar-refractivity contribution in [1.82, 2.24) is 5.32 Å². The summed E-state index contributed by atoms with van der Waals surface area (Å²) in [4.78, 5) is 35.4. The summed E-state index contributed by atoms with van der Waals surface area (Å²) in [5.41, 5.74) is 0. The van der Waals surface area contributed by atoms with Crippen molar-refractivity contribution in [3.8, 4) is 0 Å². The number of carbonyl (C=O) groups excluding carboxylic acids is 3. The average Bonchev–Trinajstić information content (AvgIpc) is 2.42. The number of aliphatic hydroxyl groups excluding tert-OH is 1. The molecule has 0 spiro atoms. The zero-order chi connectivity index (χ0) is 16.0. The SMILES string of the molecule is COC(=O)[C@@H](NC(=O)[C@@H](O)CC(C)C)[C@H]1CCCC(=O)C1. The van der Waals surface area contributed by atoms with Crippen LogP contribution < -0.4 is 5.32 Å². The summed E-state index contributed by atoms with van der Waals surface area (Å²) < 4.78 is 4.72. The molecule has 3 atom stereocenters. The number of ketones is 1. The van der Waals surface area contributed by atoms with Gasteiger partial charge in [-0.1, -0.05) is 13.8 Å². The molecule has 6 nitrogen and oxygen atoms in total.